The first-order valence-corrected chi connectivity index (χ1v) is 8.18. The first-order valence-electron chi connectivity index (χ1n) is 8.18. The molecule has 8 heteroatoms. The Balaban J connectivity index is 1.81. The van der Waals surface area contributed by atoms with Crippen molar-refractivity contribution in [2.24, 2.45) is 0 Å². The molecule has 3 aliphatic heterocycles. The maximum Gasteiger partial charge on any atom is 0.208 e. The van der Waals surface area contributed by atoms with Gasteiger partial charge in [0.25, 0.3) is 0 Å². The van der Waals surface area contributed by atoms with Gasteiger partial charge in [-0.15, -0.1) is 0 Å². The van der Waals surface area contributed by atoms with Gasteiger partial charge < -0.3 is 16.0 Å². The fourth-order valence-corrected chi connectivity index (χ4v) is 3.82. The van der Waals surface area contributed by atoms with Crippen LogP contribution in [-0.2, 0) is 9.59 Å². The number of rotatable bonds is 6. The van der Waals surface area contributed by atoms with Crippen molar-refractivity contribution in [2.45, 2.75) is 44.2 Å². The molecule has 0 aliphatic carbocycles. The Morgan fingerprint density at radius 2 is 1.74 bits per heavy atom. The van der Waals surface area contributed by atoms with Gasteiger partial charge in [0.05, 0.1) is 25.0 Å². The molecule has 3 N–H and O–H groups in total. The lowest BCUT2D eigenvalue weighted by Gasteiger charge is -2.46. The van der Waals surface area contributed by atoms with Crippen LogP contribution in [0, 0.1) is 5.41 Å². The summed E-state index contributed by atoms with van der Waals surface area (Å²) >= 11 is 0. The number of nitrogens with zero attached hydrogens (tertiary/aromatic N) is 3. The zero-order chi connectivity index (χ0) is 16.2. The number of likely N-dealkylation sites (tertiary alicyclic amines) is 1. The average Bonchev–Trinajstić information content (AvgIpc) is 3.17. The molecule has 3 rings (SSSR count). The summed E-state index contributed by atoms with van der Waals surface area (Å²) in [6.45, 7) is 2.29. The molecular weight excluding hydrogens is 296 g/mol. The third-order valence-corrected chi connectivity index (χ3v) is 4.82. The largest absolute Gasteiger partial charge is 0.343 e. The Bertz CT molecular complexity index is 496. The van der Waals surface area contributed by atoms with Crippen molar-refractivity contribution in [1.29, 1.82) is 5.41 Å². The zero-order valence-electron chi connectivity index (χ0n) is 13.1. The SMILES string of the molecule is N=C1C=CC(N2CCCC2NC=O)N(N2CCCC2NC=O)C1. The van der Waals surface area contributed by atoms with E-state index < -0.39 is 0 Å². The van der Waals surface area contributed by atoms with Gasteiger partial charge in [0, 0.05) is 18.8 Å². The second-order valence-corrected chi connectivity index (χ2v) is 6.18. The van der Waals surface area contributed by atoms with Crippen LogP contribution in [0.5, 0.6) is 0 Å². The zero-order valence-corrected chi connectivity index (χ0v) is 13.1. The number of carbonyl (C=O) groups is 2. The lowest BCUT2D eigenvalue weighted by atomic mass is 10.2. The summed E-state index contributed by atoms with van der Waals surface area (Å²) in [6.07, 6.45) is 9.27. The molecule has 2 fully saturated rings. The van der Waals surface area contributed by atoms with Crippen LogP contribution < -0.4 is 10.6 Å². The third kappa shape index (κ3) is 3.29. The van der Waals surface area contributed by atoms with Crippen LogP contribution in [0.1, 0.15) is 25.7 Å². The number of hydrogen-bond acceptors (Lipinski definition) is 6. The van der Waals surface area contributed by atoms with Crippen molar-refractivity contribution >= 4 is 18.5 Å². The van der Waals surface area contributed by atoms with Gasteiger partial charge in [-0.3, -0.25) is 14.5 Å². The van der Waals surface area contributed by atoms with E-state index in [2.05, 4.69) is 25.6 Å². The second-order valence-electron chi connectivity index (χ2n) is 6.18. The summed E-state index contributed by atoms with van der Waals surface area (Å²) < 4.78 is 0. The molecule has 0 spiro atoms. The van der Waals surface area contributed by atoms with E-state index in [9.17, 15) is 9.59 Å². The molecule has 0 bridgehead atoms. The number of amides is 2. The van der Waals surface area contributed by atoms with Gasteiger partial charge in [0.2, 0.25) is 12.8 Å². The average molecular weight is 320 g/mol. The van der Waals surface area contributed by atoms with Gasteiger partial charge in [-0.25, -0.2) is 10.0 Å². The molecule has 23 heavy (non-hydrogen) atoms. The molecule has 126 valence electrons. The van der Waals surface area contributed by atoms with Crippen LogP contribution in [0.25, 0.3) is 0 Å². The Morgan fingerprint density at radius 3 is 2.52 bits per heavy atom. The molecule has 3 heterocycles. The molecule has 0 aromatic carbocycles. The maximum atomic E-state index is 10.9. The number of hydrazine groups is 1. The number of hydrogen-bond donors (Lipinski definition) is 3. The minimum absolute atomic E-state index is 0.00176. The highest BCUT2D eigenvalue weighted by molar-refractivity contribution is 5.94. The van der Waals surface area contributed by atoms with E-state index in [1.165, 1.54) is 0 Å². The van der Waals surface area contributed by atoms with Crippen molar-refractivity contribution in [3.05, 3.63) is 12.2 Å². The molecule has 0 radical (unpaired) electrons. The highest BCUT2D eigenvalue weighted by Crippen LogP contribution is 2.27. The van der Waals surface area contributed by atoms with Crippen LogP contribution in [-0.4, -0.2) is 71.6 Å². The van der Waals surface area contributed by atoms with Gasteiger partial charge in [0.1, 0.15) is 0 Å². The summed E-state index contributed by atoms with van der Waals surface area (Å²) in [4.78, 5) is 24.0. The first-order chi connectivity index (χ1) is 11.2. The summed E-state index contributed by atoms with van der Waals surface area (Å²) in [6, 6.07) is 0. The number of carbonyl (C=O) groups excluding carboxylic acids is 2. The van der Waals surface area contributed by atoms with Crippen LogP contribution in [0.2, 0.25) is 0 Å². The fraction of sp³-hybridized carbons (Fsp3) is 0.667. The van der Waals surface area contributed by atoms with Crippen molar-refractivity contribution in [3.63, 3.8) is 0 Å². The van der Waals surface area contributed by atoms with E-state index >= 15 is 0 Å². The smallest absolute Gasteiger partial charge is 0.208 e. The molecule has 0 aromatic rings. The van der Waals surface area contributed by atoms with Crippen molar-refractivity contribution in [1.82, 2.24) is 25.6 Å². The summed E-state index contributed by atoms with van der Waals surface area (Å²) in [5.41, 5.74) is 0.553. The van der Waals surface area contributed by atoms with Gasteiger partial charge in [0.15, 0.2) is 0 Å². The third-order valence-electron chi connectivity index (χ3n) is 4.82. The van der Waals surface area contributed by atoms with Crippen LogP contribution in [0.15, 0.2) is 12.2 Å². The molecule has 3 atom stereocenters. The summed E-state index contributed by atoms with van der Waals surface area (Å²) in [7, 11) is 0. The second kappa shape index (κ2) is 7.20. The molecule has 3 unspecified atom stereocenters. The molecule has 3 aliphatic rings. The topological polar surface area (TPSA) is 91.8 Å². The molecule has 0 saturated carbocycles. The Hall–Kier alpha value is -1.77. The van der Waals surface area contributed by atoms with Gasteiger partial charge in [-0.2, -0.15) is 0 Å². The lowest BCUT2D eigenvalue weighted by molar-refractivity contribution is -0.125. The van der Waals surface area contributed by atoms with Crippen LogP contribution in [0.4, 0.5) is 0 Å². The molecule has 0 aromatic heterocycles. The van der Waals surface area contributed by atoms with Crippen molar-refractivity contribution in [3.8, 4) is 0 Å². The Labute approximate surface area is 135 Å². The van der Waals surface area contributed by atoms with E-state index in [1.807, 2.05) is 12.2 Å². The van der Waals surface area contributed by atoms with Crippen molar-refractivity contribution in [2.75, 3.05) is 19.6 Å². The molecule has 2 amide bonds. The Morgan fingerprint density at radius 1 is 1.04 bits per heavy atom. The molecular formula is C15H24N6O2. The van der Waals surface area contributed by atoms with Gasteiger partial charge in [-0.05, 0) is 37.8 Å². The van der Waals surface area contributed by atoms with Crippen LogP contribution in [0.3, 0.4) is 0 Å². The highest BCUT2D eigenvalue weighted by atomic mass is 16.1. The predicted molar refractivity (Wildman–Crippen MR) is 85.2 cm³/mol. The normalized spacial score (nSPS) is 33.0. The van der Waals surface area contributed by atoms with Crippen molar-refractivity contribution < 1.29 is 9.59 Å². The summed E-state index contributed by atoms with van der Waals surface area (Å²) in [5.74, 6) is 0. The standard InChI is InChI=1S/C15H24N6O2/c16-12-5-6-15(19-7-1-3-13(19)17-10-22)21(9-12)20-8-2-4-14(20)18-11-23/h5-6,10-11,13-16H,1-4,7-9H2,(H,17,22)(H,18,23). The maximum absolute atomic E-state index is 10.9. The monoisotopic (exact) mass is 320 g/mol. The predicted octanol–water partition coefficient (Wildman–Crippen LogP) is -0.545. The van der Waals surface area contributed by atoms with Gasteiger partial charge in [-0.1, -0.05) is 0 Å². The Kier molecular flexibility index (Phi) is 5.04. The quantitative estimate of drug-likeness (QED) is 0.572. The first kappa shape index (κ1) is 16.1. The fourth-order valence-electron chi connectivity index (χ4n) is 3.82. The van der Waals surface area contributed by atoms with E-state index in [4.69, 9.17) is 5.41 Å². The van der Waals surface area contributed by atoms with Crippen LogP contribution >= 0.6 is 0 Å². The van der Waals surface area contributed by atoms with E-state index in [0.717, 1.165) is 51.6 Å². The minimum atomic E-state index is -0.0191. The summed E-state index contributed by atoms with van der Waals surface area (Å²) in [5, 5.41) is 18.1. The molecule has 8 nitrogen and oxygen atoms in total. The van der Waals surface area contributed by atoms with E-state index in [-0.39, 0.29) is 18.5 Å². The molecule has 2 saturated heterocycles. The van der Waals surface area contributed by atoms with E-state index in [1.54, 1.807) is 0 Å². The lowest BCUT2D eigenvalue weighted by Crippen LogP contribution is -2.63. The van der Waals surface area contributed by atoms with E-state index in [0.29, 0.717) is 12.3 Å². The highest BCUT2D eigenvalue weighted by Gasteiger charge is 2.40. The number of nitrogens with one attached hydrogen (secondary N) is 3. The van der Waals surface area contributed by atoms with Gasteiger partial charge >= 0.3 is 0 Å². The minimum Gasteiger partial charge on any atom is -0.343 e.